The van der Waals surface area contributed by atoms with Gasteiger partial charge in [0.05, 0.1) is 17.8 Å². The third-order valence-corrected chi connectivity index (χ3v) is 6.23. The smallest absolute Gasteiger partial charge is 0.264 e. The molecule has 33 heavy (non-hydrogen) atoms. The van der Waals surface area contributed by atoms with Crippen molar-refractivity contribution in [2.75, 3.05) is 73.4 Å². The second-order valence-electron chi connectivity index (χ2n) is 6.98. The van der Waals surface area contributed by atoms with E-state index in [4.69, 9.17) is 14.8 Å². The third kappa shape index (κ3) is 16.4. The maximum atomic E-state index is 11.1. The summed E-state index contributed by atoms with van der Waals surface area (Å²) >= 11 is 0. The third-order valence-electron chi connectivity index (χ3n) is 3.89. The van der Waals surface area contributed by atoms with Crippen LogP contribution in [0, 0.1) is 0 Å². The topological polar surface area (TPSA) is 247 Å². The van der Waals surface area contributed by atoms with Crippen LogP contribution in [-0.2, 0) is 30.3 Å². The first-order valence-corrected chi connectivity index (χ1v) is 14.8. The highest BCUT2D eigenvalue weighted by molar-refractivity contribution is 7.88. The molecule has 0 saturated carbocycles. The van der Waals surface area contributed by atoms with Crippen molar-refractivity contribution < 1.29 is 34.4 Å². The van der Waals surface area contributed by atoms with Gasteiger partial charge in [0, 0.05) is 26.2 Å². The van der Waals surface area contributed by atoms with Crippen LogP contribution in [0.1, 0.15) is 12.8 Å². The molecule has 19 heteroatoms. The molecule has 0 radical (unpaired) electrons. The molecule has 0 aliphatic carbocycles. The molecule has 0 aliphatic heterocycles. The minimum absolute atomic E-state index is 0.0794. The molecule has 0 atom stereocenters. The number of nitrogens with zero attached hydrogens (tertiary/aromatic N) is 4. The molecular weight excluding hydrogens is 504 g/mol. The minimum Gasteiger partial charge on any atom is -0.368 e. The van der Waals surface area contributed by atoms with Crippen molar-refractivity contribution in [3.8, 4) is 0 Å². The van der Waals surface area contributed by atoms with Gasteiger partial charge < -0.3 is 21.3 Å². The van der Waals surface area contributed by atoms with Crippen molar-refractivity contribution in [1.82, 2.24) is 24.6 Å². The molecule has 0 unspecified atom stereocenters. The first-order valence-electron chi connectivity index (χ1n) is 9.69. The minimum atomic E-state index is -4.12. The van der Waals surface area contributed by atoms with E-state index in [2.05, 4.69) is 30.3 Å². The van der Waals surface area contributed by atoms with E-state index in [9.17, 15) is 25.3 Å². The number of sulfonamides is 1. The molecule has 1 aromatic heterocycles. The molecule has 0 saturated heterocycles. The van der Waals surface area contributed by atoms with Crippen LogP contribution in [-0.4, -0.2) is 111 Å². The lowest BCUT2D eigenvalue weighted by molar-refractivity contribution is 0.284. The lowest BCUT2D eigenvalue weighted by Crippen LogP contribution is -2.33. The molecule has 0 fully saturated rings. The Labute approximate surface area is 193 Å². The number of nitrogen functional groups attached to an aromatic ring is 1. The summed E-state index contributed by atoms with van der Waals surface area (Å²) in [7, 11) is -11.6. The van der Waals surface area contributed by atoms with Crippen molar-refractivity contribution in [2.24, 2.45) is 0 Å². The zero-order valence-corrected chi connectivity index (χ0v) is 20.5. The number of aromatic nitrogens is 3. The molecular formula is C14H30N8O8S3. The molecule has 0 aliphatic rings. The zero-order valence-electron chi connectivity index (χ0n) is 18.0. The summed E-state index contributed by atoms with van der Waals surface area (Å²) in [6, 6.07) is 0. The molecule has 0 spiro atoms. The SMILES string of the molecule is CS(=O)(=O)NCCNc1nc(N)nc(NCCN(CCCS(=O)(=O)O)CCCS(=O)(=O)O)n1. The number of rotatable bonds is 17. The van der Waals surface area contributed by atoms with Gasteiger partial charge in [-0.3, -0.25) is 9.11 Å². The van der Waals surface area contributed by atoms with Crippen LogP contribution < -0.4 is 21.1 Å². The number of nitrogens with two attached hydrogens (primary N) is 1. The summed E-state index contributed by atoms with van der Waals surface area (Å²) in [5, 5.41) is 5.71. The Bertz CT molecular complexity index is 1030. The Morgan fingerprint density at radius 1 is 0.788 bits per heavy atom. The average molecular weight is 535 g/mol. The van der Waals surface area contributed by atoms with Gasteiger partial charge in [0.25, 0.3) is 20.2 Å². The number of hydrogen-bond donors (Lipinski definition) is 6. The number of hydrogen-bond acceptors (Lipinski definition) is 13. The van der Waals surface area contributed by atoms with Crippen LogP contribution in [0.15, 0.2) is 0 Å². The van der Waals surface area contributed by atoms with Crippen LogP contribution in [0.3, 0.4) is 0 Å². The molecule has 0 amide bonds. The summed E-state index contributed by atoms with van der Waals surface area (Å²) in [6.45, 7) is 1.43. The van der Waals surface area contributed by atoms with E-state index >= 15 is 0 Å². The van der Waals surface area contributed by atoms with E-state index in [-0.39, 0.29) is 63.4 Å². The Kier molecular flexibility index (Phi) is 11.6. The monoisotopic (exact) mass is 534 g/mol. The van der Waals surface area contributed by atoms with E-state index < -0.39 is 41.8 Å². The van der Waals surface area contributed by atoms with Crippen molar-refractivity contribution in [1.29, 1.82) is 0 Å². The molecule has 1 aromatic rings. The van der Waals surface area contributed by atoms with Gasteiger partial charge >= 0.3 is 0 Å². The fourth-order valence-corrected chi connectivity index (χ4v) is 4.02. The standard InChI is InChI=1S/C14H30N8O8S3/c1-31(23,24)18-5-4-16-13-19-12(15)20-14(21-13)17-6-9-22(7-2-10-32(25,26)27)8-3-11-33(28,29)30/h18H,2-11H2,1H3,(H,25,26,27)(H,28,29,30)(H4,15,16,17,19,20,21). The average Bonchev–Trinajstić information content (AvgIpc) is 2.62. The van der Waals surface area contributed by atoms with E-state index in [1.807, 2.05) is 0 Å². The normalized spacial score (nSPS) is 12.7. The predicted octanol–water partition coefficient (Wildman–Crippen LogP) is -2.32. The van der Waals surface area contributed by atoms with Crippen LogP contribution in [0.5, 0.6) is 0 Å². The second kappa shape index (κ2) is 13.1. The Balaban J connectivity index is 2.60. The van der Waals surface area contributed by atoms with Crippen molar-refractivity contribution in [2.45, 2.75) is 12.8 Å². The van der Waals surface area contributed by atoms with Crippen molar-refractivity contribution >= 4 is 48.1 Å². The molecule has 7 N–H and O–H groups in total. The first-order chi connectivity index (χ1) is 15.1. The number of anilines is 3. The summed E-state index contributed by atoms with van der Waals surface area (Å²) in [4.78, 5) is 13.7. The van der Waals surface area contributed by atoms with Crippen LogP contribution in [0.25, 0.3) is 0 Å². The van der Waals surface area contributed by atoms with Gasteiger partial charge in [-0.2, -0.15) is 31.8 Å². The highest BCUT2D eigenvalue weighted by atomic mass is 32.2. The Morgan fingerprint density at radius 2 is 1.27 bits per heavy atom. The summed E-state index contributed by atoms with van der Waals surface area (Å²) < 4.78 is 85.7. The van der Waals surface area contributed by atoms with E-state index in [0.29, 0.717) is 6.54 Å². The zero-order chi connectivity index (χ0) is 25.1. The van der Waals surface area contributed by atoms with Crippen molar-refractivity contribution in [3.63, 3.8) is 0 Å². The first kappa shape index (κ1) is 29.1. The maximum absolute atomic E-state index is 11.1. The van der Waals surface area contributed by atoms with Gasteiger partial charge in [-0.15, -0.1) is 0 Å². The van der Waals surface area contributed by atoms with Gasteiger partial charge in [-0.1, -0.05) is 0 Å². The molecule has 192 valence electrons. The molecule has 0 bridgehead atoms. The molecule has 1 rings (SSSR count). The van der Waals surface area contributed by atoms with E-state index in [0.717, 1.165) is 6.26 Å². The van der Waals surface area contributed by atoms with Gasteiger partial charge in [-0.05, 0) is 25.9 Å². The fourth-order valence-electron chi connectivity index (χ4n) is 2.56. The molecule has 0 aromatic carbocycles. The fraction of sp³-hybridized carbons (Fsp3) is 0.786. The lowest BCUT2D eigenvalue weighted by atomic mass is 10.3. The van der Waals surface area contributed by atoms with Crippen LogP contribution >= 0.6 is 0 Å². The maximum Gasteiger partial charge on any atom is 0.264 e. The Hall–Kier alpha value is -1.90. The van der Waals surface area contributed by atoms with Gasteiger partial charge in [0.15, 0.2) is 0 Å². The van der Waals surface area contributed by atoms with Gasteiger partial charge in [0.2, 0.25) is 27.9 Å². The highest BCUT2D eigenvalue weighted by Gasteiger charge is 2.12. The molecule has 16 nitrogen and oxygen atoms in total. The Morgan fingerprint density at radius 3 is 1.73 bits per heavy atom. The number of nitrogens with one attached hydrogen (secondary N) is 3. The lowest BCUT2D eigenvalue weighted by Gasteiger charge is -2.22. The summed E-state index contributed by atoms with van der Waals surface area (Å²) in [6.07, 6.45) is 1.28. The van der Waals surface area contributed by atoms with Gasteiger partial charge in [-0.25, -0.2) is 13.1 Å². The second-order valence-corrected chi connectivity index (χ2v) is 12.0. The highest BCUT2D eigenvalue weighted by Crippen LogP contribution is 2.06. The summed E-state index contributed by atoms with van der Waals surface area (Å²) in [5.74, 6) is -0.704. The van der Waals surface area contributed by atoms with Crippen molar-refractivity contribution in [3.05, 3.63) is 0 Å². The molecule has 1 heterocycles. The van der Waals surface area contributed by atoms with E-state index in [1.54, 1.807) is 4.90 Å². The predicted molar refractivity (Wildman–Crippen MR) is 123 cm³/mol. The van der Waals surface area contributed by atoms with E-state index in [1.165, 1.54) is 0 Å². The quantitative estimate of drug-likeness (QED) is 0.0907. The largest absolute Gasteiger partial charge is 0.368 e. The van der Waals surface area contributed by atoms with Crippen LogP contribution in [0.2, 0.25) is 0 Å². The van der Waals surface area contributed by atoms with Crippen LogP contribution in [0.4, 0.5) is 17.8 Å². The summed E-state index contributed by atoms with van der Waals surface area (Å²) in [5.41, 5.74) is 5.65. The van der Waals surface area contributed by atoms with Gasteiger partial charge in [0.1, 0.15) is 0 Å².